The summed E-state index contributed by atoms with van der Waals surface area (Å²) in [6.45, 7) is 0. The second kappa shape index (κ2) is 11.9. The molecule has 3 heteroatoms. The van der Waals surface area contributed by atoms with E-state index >= 15 is 0 Å². The molecule has 0 spiro atoms. The summed E-state index contributed by atoms with van der Waals surface area (Å²) < 4.78 is 4.81. The van der Waals surface area contributed by atoms with Crippen molar-refractivity contribution in [2.24, 2.45) is 0 Å². The van der Waals surface area contributed by atoms with Gasteiger partial charge in [0.25, 0.3) is 0 Å². The summed E-state index contributed by atoms with van der Waals surface area (Å²) in [5.74, 6) is 0. The summed E-state index contributed by atoms with van der Waals surface area (Å²) in [6, 6.07) is 73.1. The van der Waals surface area contributed by atoms with Gasteiger partial charge < -0.3 is 9.13 Å². The molecule has 0 fully saturated rings. The molecule has 3 nitrogen and oxygen atoms in total. The number of aromatic nitrogens is 3. The molecule has 268 valence electrons. The molecule has 0 atom stereocenters. The van der Waals surface area contributed by atoms with E-state index in [1.165, 1.54) is 98.8 Å². The summed E-state index contributed by atoms with van der Waals surface area (Å²) in [4.78, 5) is 5.18. The molecule has 0 saturated heterocycles. The molecular formula is C55H33N3. The fourth-order valence-electron chi connectivity index (χ4n) is 9.86. The van der Waals surface area contributed by atoms with Crippen LogP contribution in [0.1, 0.15) is 0 Å². The van der Waals surface area contributed by atoms with Gasteiger partial charge in [0.2, 0.25) is 0 Å². The number of benzene rings is 9. The number of hydrogen-bond acceptors (Lipinski definition) is 1. The highest BCUT2D eigenvalue weighted by Crippen LogP contribution is 2.48. The van der Waals surface area contributed by atoms with Crippen molar-refractivity contribution in [2.75, 3.05) is 0 Å². The molecule has 0 aliphatic heterocycles. The quantitative estimate of drug-likeness (QED) is 0.176. The van der Waals surface area contributed by atoms with Crippen LogP contribution in [0.5, 0.6) is 0 Å². The minimum Gasteiger partial charge on any atom is -0.309 e. The normalized spacial score (nSPS) is 12.1. The van der Waals surface area contributed by atoms with E-state index in [-0.39, 0.29) is 0 Å². The molecule has 9 aromatic carbocycles. The Hall–Kier alpha value is -7.75. The molecule has 1 aliphatic rings. The second-order valence-electron chi connectivity index (χ2n) is 15.5. The van der Waals surface area contributed by atoms with Gasteiger partial charge in [0.05, 0.1) is 33.3 Å². The minimum atomic E-state index is 0.992. The largest absolute Gasteiger partial charge is 0.309 e. The van der Waals surface area contributed by atoms with Gasteiger partial charge in [0, 0.05) is 43.9 Å². The van der Waals surface area contributed by atoms with Crippen LogP contribution < -0.4 is 0 Å². The van der Waals surface area contributed by atoms with Crippen LogP contribution in [-0.4, -0.2) is 14.1 Å². The average molecular weight is 736 g/mol. The Balaban J connectivity index is 0.942. The molecule has 12 aromatic rings. The summed E-state index contributed by atoms with van der Waals surface area (Å²) in [7, 11) is 0. The third kappa shape index (κ3) is 4.41. The molecule has 1 aliphatic carbocycles. The molecule has 0 bridgehead atoms. The average Bonchev–Trinajstić information content (AvgIpc) is 3.93. The summed E-state index contributed by atoms with van der Waals surface area (Å²) in [6.07, 6.45) is 0. The zero-order valence-electron chi connectivity index (χ0n) is 31.4. The van der Waals surface area contributed by atoms with Crippen molar-refractivity contribution < 1.29 is 0 Å². The Kier molecular flexibility index (Phi) is 6.44. The van der Waals surface area contributed by atoms with Gasteiger partial charge in [-0.25, -0.2) is 4.98 Å². The predicted molar refractivity (Wildman–Crippen MR) is 243 cm³/mol. The third-order valence-electron chi connectivity index (χ3n) is 12.4. The van der Waals surface area contributed by atoms with E-state index in [0.717, 1.165) is 22.5 Å². The number of rotatable bonds is 4. The summed E-state index contributed by atoms with van der Waals surface area (Å²) in [5.41, 5.74) is 17.8. The number of fused-ring (bicyclic) bond motifs is 11. The van der Waals surface area contributed by atoms with E-state index in [4.69, 9.17) is 4.98 Å². The first-order chi connectivity index (χ1) is 28.8. The Labute approximate surface area is 334 Å². The van der Waals surface area contributed by atoms with Crippen LogP contribution in [-0.2, 0) is 0 Å². The first-order valence-corrected chi connectivity index (χ1v) is 20.0. The molecule has 0 radical (unpaired) electrons. The van der Waals surface area contributed by atoms with Crippen LogP contribution in [0.25, 0.3) is 121 Å². The lowest BCUT2D eigenvalue weighted by molar-refractivity contribution is 1.18. The summed E-state index contributed by atoms with van der Waals surface area (Å²) >= 11 is 0. The maximum Gasteiger partial charge on any atom is 0.0722 e. The van der Waals surface area contributed by atoms with Crippen molar-refractivity contribution in [3.8, 4) is 56.0 Å². The number of para-hydroxylation sites is 2. The standard InChI is InChI=1S/C55H33N3/c1-2-12-38(13-3-1)58-52-29-25-37(32-47(52)55-40-14-5-4-11-34(40)23-30-53(55)58)36-24-28-51-45(31-36)43-17-8-9-20-50(43)57(51)39-26-21-35(22-27-39)49-33-46-42-16-7-6-15-41(42)44-18-10-19-48(56-49)54(44)46/h1-33H. The first-order valence-electron chi connectivity index (χ1n) is 20.0. The second-order valence-corrected chi connectivity index (χ2v) is 15.5. The van der Waals surface area contributed by atoms with E-state index in [1.807, 2.05) is 0 Å². The number of hydrogen-bond donors (Lipinski definition) is 0. The van der Waals surface area contributed by atoms with Crippen LogP contribution in [0.4, 0.5) is 0 Å². The van der Waals surface area contributed by atoms with E-state index in [1.54, 1.807) is 0 Å². The smallest absolute Gasteiger partial charge is 0.0722 e. The van der Waals surface area contributed by atoms with E-state index in [0.29, 0.717) is 0 Å². The van der Waals surface area contributed by atoms with E-state index in [2.05, 4.69) is 209 Å². The highest BCUT2D eigenvalue weighted by Gasteiger charge is 2.23. The lowest BCUT2D eigenvalue weighted by Gasteiger charge is -2.11. The maximum atomic E-state index is 5.18. The van der Waals surface area contributed by atoms with Crippen molar-refractivity contribution >= 4 is 65.3 Å². The van der Waals surface area contributed by atoms with Crippen molar-refractivity contribution in [3.63, 3.8) is 0 Å². The van der Waals surface area contributed by atoms with Crippen molar-refractivity contribution in [3.05, 3.63) is 200 Å². The lowest BCUT2D eigenvalue weighted by atomic mass is 9.99. The Morgan fingerprint density at radius 2 is 0.897 bits per heavy atom. The molecule has 0 unspecified atom stereocenters. The van der Waals surface area contributed by atoms with Gasteiger partial charge in [-0.05, 0) is 117 Å². The van der Waals surface area contributed by atoms with Crippen molar-refractivity contribution in [2.45, 2.75) is 0 Å². The van der Waals surface area contributed by atoms with E-state index < -0.39 is 0 Å². The summed E-state index contributed by atoms with van der Waals surface area (Å²) in [5, 5.41) is 8.81. The Morgan fingerprint density at radius 3 is 1.72 bits per heavy atom. The minimum absolute atomic E-state index is 0.992. The highest BCUT2D eigenvalue weighted by atomic mass is 15.0. The van der Waals surface area contributed by atoms with Crippen LogP contribution in [0.3, 0.4) is 0 Å². The van der Waals surface area contributed by atoms with Crippen molar-refractivity contribution in [1.29, 1.82) is 0 Å². The zero-order valence-corrected chi connectivity index (χ0v) is 31.4. The van der Waals surface area contributed by atoms with Gasteiger partial charge in [-0.1, -0.05) is 127 Å². The Bertz CT molecular complexity index is 3660. The van der Waals surface area contributed by atoms with Gasteiger partial charge in [0.15, 0.2) is 0 Å². The Morgan fingerprint density at radius 1 is 0.310 bits per heavy atom. The monoisotopic (exact) mass is 735 g/mol. The van der Waals surface area contributed by atoms with Crippen molar-refractivity contribution in [1.82, 2.24) is 14.1 Å². The van der Waals surface area contributed by atoms with Gasteiger partial charge in [-0.2, -0.15) is 0 Å². The number of pyridine rings is 1. The molecular weight excluding hydrogens is 703 g/mol. The first kappa shape index (κ1) is 31.5. The third-order valence-corrected chi connectivity index (χ3v) is 12.4. The van der Waals surface area contributed by atoms with Gasteiger partial charge in [-0.3, -0.25) is 0 Å². The van der Waals surface area contributed by atoms with Crippen LogP contribution in [0.2, 0.25) is 0 Å². The fraction of sp³-hybridized carbons (Fsp3) is 0. The predicted octanol–water partition coefficient (Wildman–Crippen LogP) is 14.6. The van der Waals surface area contributed by atoms with Gasteiger partial charge >= 0.3 is 0 Å². The SMILES string of the molecule is c1ccc(-n2c3ccc(-c4ccc5c(c4)c4ccccc4n5-c4ccc(-c5cc6c7c(cccc7n5)-c5ccccc5-6)cc4)cc3c3c4ccccc4ccc32)cc1. The molecule has 3 aromatic heterocycles. The maximum absolute atomic E-state index is 5.18. The van der Waals surface area contributed by atoms with Crippen LogP contribution >= 0.6 is 0 Å². The molecule has 0 saturated carbocycles. The lowest BCUT2D eigenvalue weighted by Crippen LogP contribution is -1.94. The molecule has 3 heterocycles. The van der Waals surface area contributed by atoms with Crippen LogP contribution in [0, 0.1) is 0 Å². The van der Waals surface area contributed by atoms with Crippen LogP contribution in [0.15, 0.2) is 200 Å². The fourth-order valence-corrected chi connectivity index (χ4v) is 9.86. The molecule has 0 N–H and O–H groups in total. The molecule has 0 amide bonds. The zero-order chi connectivity index (χ0) is 37.9. The van der Waals surface area contributed by atoms with E-state index in [9.17, 15) is 0 Å². The topological polar surface area (TPSA) is 22.8 Å². The molecule has 58 heavy (non-hydrogen) atoms. The van der Waals surface area contributed by atoms with Gasteiger partial charge in [0.1, 0.15) is 0 Å². The molecule has 13 rings (SSSR count). The van der Waals surface area contributed by atoms with Gasteiger partial charge in [-0.15, -0.1) is 0 Å². The highest BCUT2D eigenvalue weighted by molar-refractivity contribution is 6.22. The number of nitrogens with zero attached hydrogens (tertiary/aromatic N) is 3.